The van der Waals surface area contributed by atoms with Gasteiger partial charge in [0.2, 0.25) is 0 Å². The first-order valence-electron chi connectivity index (χ1n) is 4.75. The Balaban J connectivity index is 2.68. The maximum absolute atomic E-state index is 11.6. The Labute approximate surface area is 103 Å². The number of aryl methyl sites for hydroxylation is 2. The second-order valence-electron chi connectivity index (χ2n) is 3.43. The summed E-state index contributed by atoms with van der Waals surface area (Å²) in [5.41, 5.74) is 1.91. The molecule has 0 unspecified atom stereocenters. The number of hydrogen-bond donors (Lipinski definition) is 0. The van der Waals surface area contributed by atoms with Crippen molar-refractivity contribution in [1.29, 1.82) is 0 Å². The minimum absolute atomic E-state index is 0.271. The molecule has 0 aliphatic carbocycles. The summed E-state index contributed by atoms with van der Waals surface area (Å²) in [6.45, 7) is 1.93. The van der Waals surface area contributed by atoms with Gasteiger partial charge in [0.1, 0.15) is 5.78 Å². The Morgan fingerprint density at radius 1 is 1.60 bits per heavy atom. The normalized spacial score (nSPS) is 10.7. The van der Waals surface area contributed by atoms with Crippen molar-refractivity contribution in [2.75, 3.05) is 12.0 Å². The van der Waals surface area contributed by atoms with Crippen LogP contribution < -0.4 is 0 Å². The SMILES string of the molecule is CSCCC(=O)Cc1c(Br)c(C)nn1C. The molecule has 0 saturated heterocycles. The second kappa shape index (κ2) is 5.70. The van der Waals surface area contributed by atoms with Crippen LogP contribution in [0.15, 0.2) is 4.47 Å². The molecule has 0 spiro atoms. The first-order chi connectivity index (χ1) is 7.06. The molecule has 0 saturated carbocycles. The highest BCUT2D eigenvalue weighted by molar-refractivity contribution is 9.10. The standard InChI is InChI=1S/C10H15BrN2OS/c1-7-10(11)9(13(2)12-7)6-8(14)4-5-15-3/h4-6H2,1-3H3. The summed E-state index contributed by atoms with van der Waals surface area (Å²) < 4.78 is 2.73. The highest BCUT2D eigenvalue weighted by atomic mass is 79.9. The number of halogens is 1. The van der Waals surface area contributed by atoms with Crippen molar-refractivity contribution in [2.24, 2.45) is 7.05 Å². The summed E-state index contributed by atoms with van der Waals surface area (Å²) in [6, 6.07) is 0. The van der Waals surface area contributed by atoms with Gasteiger partial charge in [-0.05, 0) is 34.9 Å². The van der Waals surface area contributed by atoms with Crippen LogP contribution in [0.4, 0.5) is 0 Å². The predicted octanol–water partition coefficient (Wildman–Crippen LogP) is 2.36. The predicted molar refractivity (Wildman–Crippen MR) is 67.4 cm³/mol. The molecule has 0 aliphatic heterocycles. The second-order valence-corrected chi connectivity index (χ2v) is 5.21. The van der Waals surface area contributed by atoms with E-state index in [1.165, 1.54) is 0 Å². The third kappa shape index (κ3) is 3.34. The number of ketones is 1. The summed E-state index contributed by atoms with van der Waals surface area (Å²) in [4.78, 5) is 11.6. The molecule has 0 aliphatic rings. The molecule has 1 rings (SSSR count). The van der Waals surface area contributed by atoms with E-state index in [2.05, 4.69) is 21.0 Å². The molecular weight excluding hydrogens is 276 g/mol. The van der Waals surface area contributed by atoms with E-state index in [9.17, 15) is 4.79 Å². The first kappa shape index (κ1) is 12.8. The number of hydrogen-bond acceptors (Lipinski definition) is 3. The average molecular weight is 291 g/mol. The molecule has 0 amide bonds. The largest absolute Gasteiger partial charge is 0.299 e. The van der Waals surface area contributed by atoms with E-state index < -0.39 is 0 Å². The maximum atomic E-state index is 11.6. The van der Waals surface area contributed by atoms with Crippen LogP contribution in [0.5, 0.6) is 0 Å². The summed E-state index contributed by atoms with van der Waals surface area (Å²) in [6.07, 6.45) is 3.12. The molecule has 0 fully saturated rings. The van der Waals surface area contributed by atoms with Crippen LogP contribution in [0, 0.1) is 6.92 Å². The lowest BCUT2D eigenvalue weighted by molar-refractivity contribution is -0.118. The summed E-state index contributed by atoms with van der Waals surface area (Å²) in [5.74, 6) is 1.17. The topological polar surface area (TPSA) is 34.9 Å². The number of carbonyl (C=O) groups excluding carboxylic acids is 1. The maximum Gasteiger partial charge on any atom is 0.139 e. The fourth-order valence-electron chi connectivity index (χ4n) is 1.36. The average Bonchev–Trinajstić information content (AvgIpc) is 2.42. The molecular formula is C10H15BrN2OS. The lowest BCUT2D eigenvalue weighted by atomic mass is 10.2. The highest BCUT2D eigenvalue weighted by Gasteiger charge is 2.13. The van der Waals surface area contributed by atoms with Gasteiger partial charge in [-0.3, -0.25) is 9.48 Å². The van der Waals surface area contributed by atoms with Crippen molar-refractivity contribution in [3.8, 4) is 0 Å². The Kier molecular flexibility index (Phi) is 4.86. The highest BCUT2D eigenvalue weighted by Crippen LogP contribution is 2.21. The van der Waals surface area contributed by atoms with Gasteiger partial charge in [0.25, 0.3) is 0 Å². The Morgan fingerprint density at radius 3 is 2.73 bits per heavy atom. The zero-order valence-corrected chi connectivity index (χ0v) is 11.6. The van der Waals surface area contributed by atoms with Crippen molar-refractivity contribution in [2.45, 2.75) is 19.8 Å². The van der Waals surface area contributed by atoms with Gasteiger partial charge in [-0.15, -0.1) is 0 Å². The van der Waals surface area contributed by atoms with Crippen LogP contribution in [0.2, 0.25) is 0 Å². The third-order valence-electron chi connectivity index (χ3n) is 2.21. The van der Waals surface area contributed by atoms with Crippen molar-refractivity contribution in [3.05, 3.63) is 15.9 Å². The third-order valence-corrected chi connectivity index (χ3v) is 3.86. The molecule has 15 heavy (non-hydrogen) atoms. The van der Waals surface area contributed by atoms with Gasteiger partial charge < -0.3 is 0 Å². The number of thioether (sulfide) groups is 1. The van der Waals surface area contributed by atoms with Crippen LogP contribution in [-0.4, -0.2) is 27.6 Å². The van der Waals surface area contributed by atoms with E-state index in [0.717, 1.165) is 21.6 Å². The zero-order chi connectivity index (χ0) is 11.4. The van der Waals surface area contributed by atoms with E-state index in [1.807, 2.05) is 20.2 Å². The smallest absolute Gasteiger partial charge is 0.139 e. The summed E-state index contributed by atoms with van der Waals surface area (Å²) >= 11 is 5.16. The van der Waals surface area contributed by atoms with Crippen molar-refractivity contribution < 1.29 is 4.79 Å². The van der Waals surface area contributed by atoms with Gasteiger partial charge in [0.15, 0.2) is 0 Å². The summed E-state index contributed by atoms with van der Waals surface area (Å²) in [5, 5.41) is 4.26. The van der Waals surface area contributed by atoms with E-state index in [-0.39, 0.29) is 5.78 Å². The monoisotopic (exact) mass is 290 g/mol. The van der Waals surface area contributed by atoms with Crippen LogP contribution >= 0.6 is 27.7 Å². The van der Waals surface area contributed by atoms with E-state index in [4.69, 9.17) is 0 Å². The minimum Gasteiger partial charge on any atom is -0.299 e. The van der Waals surface area contributed by atoms with Gasteiger partial charge in [-0.2, -0.15) is 16.9 Å². The van der Waals surface area contributed by atoms with Crippen molar-refractivity contribution >= 4 is 33.5 Å². The number of rotatable bonds is 5. The lowest BCUT2D eigenvalue weighted by Crippen LogP contribution is -2.08. The Bertz CT molecular complexity index is 363. The van der Waals surface area contributed by atoms with Gasteiger partial charge in [0.05, 0.1) is 15.9 Å². The number of nitrogens with zero attached hydrogens (tertiary/aromatic N) is 2. The molecule has 0 atom stereocenters. The van der Waals surface area contributed by atoms with E-state index >= 15 is 0 Å². The van der Waals surface area contributed by atoms with Crippen LogP contribution in [0.1, 0.15) is 17.8 Å². The minimum atomic E-state index is 0.271. The lowest BCUT2D eigenvalue weighted by Gasteiger charge is -2.01. The van der Waals surface area contributed by atoms with Crippen molar-refractivity contribution in [3.63, 3.8) is 0 Å². The molecule has 84 valence electrons. The van der Waals surface area contributed by atoms with Gasteiger partial charge >= 0.3 is 0 Å². The van der Waals surface area contributed by atoms with E-state index in [0.29, 0.717) is 12.8 Å². The fraction of sp³-hybridized carbons (Fsp3) is 0.600. The molecule has 1 aromatic rings. The molecule has 0 bridgehead atoms. The zero-order valence-electron chi connectivity index (χ0n) is 9.21. The Morgan fingerprint density at radius 2 is 2.27 bits per heavy atom. The van der Waals surface area contributed by atoms with Gasteiger partial charge in [-0.1, -0.05) is 0 Å². The number of carbonyl (C=O) groups is 1. The quantitative estimate of drug-likeness (QED) is 0.835. The fourth-order valence-corrected chi connectivity index (χ4v) is 2.27. The van der Waals surface area contributed by atoms with Crippen molar-refractivity contribution in [1.82, 2.24) is 9.78 Å². The van der Waals surface area contributed by atoms with E-state index in [1.54, 1.807) is 16.4 Å². The van der Waals surface area contributed by atoms with Gasteiger partial charge in [0, 0.05) is 19.9 Å². The number of aromatic nitrogens is 2. The molecule has 3 nitrogen and oxygen atoms in total. The van der Waals surface area contributed by atoms with Crippen LogP contribution in [0.3, 0.4) is 0 Å². The molecule has 1 aromatic heterocycles. The number of Topliss-reactive ketones (excluding diaryl/α,β-unsaturated/α-hetero) is 1. The Hall–Kier alpha value is -0.290. The van der Waals surface area contributed by atoms with Crippen LogP contribution in [-0.2, 0) is 18.3 Å². The first-order valence-corrected chi connectivity index (χ1v) is 6.93. The molecule has 5 heteroatoms. The molecule has 0 N–H and O–H groups in total. The molecule has 0 aromatic carbocycles. The van der Waals surface area contributed by atoms with Crippen LogP contribution in [0.25, 0.3) is 0 Å². The van der Waals surface area contributed by atoms with Gasteiger partial charge in [-0.25, -0.2) is 0 Å². The summed E-state index contributed by atoms with van der Waals surface area (Å²) in [7, 11) is 1.87. The molecule has 0 radical (unpaired) electrons. The molecule has 1 heterocycles.